The van der Waals surface area contributed by atoms with Crippen molar-refractivity contribution in [3.8, 4) is 11.5 Å². The second-order valence-electron chi connectivity index (χ2n) is 8.39. The molecular weight excluding hydrogens is 354 g/mol. The standard InChI is InChI=1S/C22H35N3O3/c1-5-23-21(25(4)11-8-17-9-12-26-13-10-17)24-15-22(2,3)18-6-7-19-20(14-18)28-16-27-19/h6-7,14,17H,5,8-13,15-16H2,1-4H3,(H,23,24). The van der Waals surface area contributed by atoms with Crippen LogP contribution in [0.1, 0.15) is 45.6 Å². The Morgan fingerprint density at radius 2 is 1.96 bits per heavy atom. The van der Waals surface area contributed by atoms with E-state index in [1.807, 2.05) is 6.07 Å². The topological polar surface area (TPSA) is 55.3 Å². The van der Waals surface area contributed by atoms with Crippen LogP contribution in [0.15, 0.2) is 23.2 Å². The molecule has 0 radical (unpaired) electrons. The molecule has 2 aliphatic rings. The number of nitrogens with zero attached hydrogens (tertiary/aromatic N) is 2. The molecule has 6 nitrogen and oxygen atoms in total. The quantitative estimate of drug-likeness (QED) is 0.572. The fraction of sp³-hybridized carbons (Fsp3) is 0.682. The molecule has 1 aromatic carbocycles. The van der Waals surface area contributed by atoms with Crippen molar-refractivity contribution < 1.29 is 14.2 Å². The maximum atomic E-state index is 5.54. The molecule has 1 fully saturated rings. The third-order valence-corrected chi connectivity index (χ3v) is 5.69. The Labute approximate surface area is 169 Å². The van der Waals surface area contributed by atoms with Gasteiger partial charge in [0.25, 0.3) is 0 Å². The third kappa shape index (κ3) is 5.31. The van der Waals surface area contributed by atoms with Crippen molar-refractivity contribution in [1.82, 2.24) is 10.2 Å². The fourth-order valence-corrected chi connectivity index (χ4v) is 3.67. The van der Waals surface area contributed by atoms with Gasteiger partial charge in [0.05, 0.1) is 6.54 Å². The van der Waals surface area contributed by atoms with E-state index in [9.17, 15) is 0 Å². The van der Waals surface area contributed by atoms with Crippen LogP contribution in [0.2, 0.25) is 0 Å². The highest BCUT2D eigenvalue weighted by molar-refractivity contribution is 5.79. The minimum Gasteiger partial charge on any atom is -0.454 e. The lowest BCUT2D eigenvalue weighted by Gasteiger charge is -2.28. The van der Waals surface area contributed by atoms with Crippen LogP contribution < -0.4 is 14.8 Å². The molecule has 2 heterocycles. The number of nitrogens with one attached hydrogen (secondary N) is 1. The van der Waals surface area contributed by atoms with Gasteiger partial charge >= 0.3 is 0 Å². The summed E-state index contributed by atoms with van der Waals surface area (Å²) in [5.74, 6) is 3.40. The summed E-state index contributed by atoms with van der Waals surface area (Å²) in [5, 5.41) is 3.44. The van der Waals surface area contributed by atoms with Crippen molar-refractivity contribution in [2.75, 3.05) is 46.7 Å². The molecule has 0 aliphatic carbocycles. The van der Waals surface area contributed by atoms with Gasteiger partial charge in [0.1, 0.15) is 0 Å². The Morgan fingerprint density at radius 1 is 1.21 bits per heavy atom. The second-order valence-corrected chi connectivity index (χ2v) is 8.39. The molecule has 0 spiro atoms. The molecule has 28 heavy (non-hydrogen) atoms. The van der Waals surface area contributed by atoms with Crippen LogP contribution in [0.25, 0.3) is 0 Å². The summed E-state index contributed by atoms with van der Waals surface area (Å²) >= 11 is 0. The van der Waals surface area contributed by atoms with E-state index in [2.05, 4.69) is 50.2 Å². The van der Waals surface area contributed by atoms with E-state index < -0.39 is 0 Å². The summed E-state index contributed by atoms with van der Waals surface area (Å²) in [6.07, 6.45) is 3.55. The van der Waals surface area contributed by atoms with Crippen molar-refractivity contribution in [3.05, 3.63) is 23.8 Å². The lowest BCUT2D eigenvalue weighted by Crippen LogP contribution is -2.41. The van der Waals surface area contributed by atoms with Gasteiger partial charge in [-0.2, -0.15) is 0 Å². The molecule has 156 valence electrons. The Balaban J connectivity index is 1.61. The molecule has 1 N–H and O–H groups in total. The van der Waals surface area contributed by atoms with Gasteiger partial charge in [0, 0.05) is 38.8 Å². The minimum absolute atomic E-state index is 0.0940. The molecule has 6 heteroatoms. The maximum Gasteiger partial charge on any atom is 0.231 e. The van der Waals surface area contributed by atoms with Crippen LogP contribution in [0.3, 0.4) is 0 Å². The number of aliphatic imine (C=N–C) groups is 1. The van der Waals surface area contributed by atoms with Gasteiger partial charge in [0.15, 0.2) is 17.5 Å². The lowest BCUT2D eigenvalue weighted by atomic mass is 9.84. The number of rotatable bonds is 7. The Morgan fingerprint density at radius 3 is 2.71 bits per heavy atom. The first kappa shape index (κ1) is 20.8. The first-order valence-electron chi connectivity index (χ1n) is 10.5. The Kier molecular flexibility index (Phi) is 7.05. The van der Waals surface area contributed by atoms with E-state index in [0.29, 0.717) is 13.3 Å². The first-order valence-corrected chi connectivity index (χ1v) is 10.5. The summed E-state index contributed by atoms with van der Waals surface area (Å²) in [6, 6.07) is 6.19. The third-order valence-electron chi connectivity index (χ3n) is 5.69. The summed E-state index contributed by atoms with van der Waals surface area (Å²) in [6.45, 7) is 11.3. The molecule has 1 aromatic rings. The van der Waals surface area contributed by atoms with Crippen molar-refractivity contribution in [1.29, 1.82) is 0 Å². The van der Waals surface area contributed by atoms with Gasteiger partial charge in [-0.05, 0) is 49.8 Å². The fourth-order valence-electron chi connectivity index (χ4n) is 3.67. The predicted molar refractivity (Wildman–Crippen MR) is 112 cm³/mol. The smallest absolute Gasteiger partial charge is 0.231 e. The molecule has 0 atom stereocenters. The molecule has 0 amide bonds. The van der Waals surface area contributed by atoms with Crippen LogP contribution in [0.4, 0.5) is 0 Å². The average Bonchev–Trinajstić information content (AvgIpc) is 3.18. The molecule has 0 unspecified atom stereocenters. The Hall–Kier alpha value is -1.95. The van der Waals surface area contributed by atoms with Crippen LogP contribution in [0.5, 0.6) is 11.5 Å². The summed E-state index contributed by atoms with van der Waals surface area (Å²) < 4.78 is 16.4. The van der Waals surface area contributed by atoms with Crippen molar-refractivity contribution >= 4 is 5.96 Å². The number of guanidine groups is 1. The van der Waals surface area contributed by atoms with Crippen molar-refractivity contribution in [3.63, 3.8) is 0 Å². The highest BCUT2D eigenvalue weighted by Crippen LogP contribution is 2.36. The van der Waals surface area contributed by atoms with Gasteiger partial charge in [-0.25, -0.2) is 0 Å². The normalized spacial score (nSPS) is 17.6. The maximum absolute atomic E-state index is 5.54. The number of hydrogen-bond donors (Lipinski definition) is 1. The van der Waals surface area contributed by atoms with Crippen LogP contribution in [0, 0.1) is 5.92 Å². The highest BCUT2D eigenvalue weighted by atomic mass is 16.7. The average molecular weight is 390 g/mol. The van der Waals surface area contributed by atoms with Gasteiger partial charge in [-0.3, -0.25) is 4.99 Å². The van der Waals surface area contributed by atoms with Gasteiger partial charge in [-0.1, -0.05) is 19.9 Å². The zero-order chi connectivity index (χ0) is 20.0. The number of benzene rings is 1. The monoisotopic (exact) mass is 389 g/mol. The van der Waals surface area contributed by atoms with Crippen molar-refractivity contribution in [2.24, 2.45) is 10.9 Å². The van der Waals surface area contributed by atoms with Crippen LogP contribution in [-0.2, 0) is 10.2 Å². The van der Waals surface area contributed by atoms with E-state index in [0.717, 1.165) is 49.7 Å². The first-order chi connectivity index (χ1) is 13.5. The molecular formula is C22H35N3O3. The lowest BCUT2D eigenvalue weighted by molar-refractivity contribution is 0.0625. The van der Waals surface area contributed by atoms with E-state index in [-0.39, 0.29) is 5.41 Å². The zero-order valence-electron chi connectivity index (χ0n) is 17.8. The van der Waals surface area contributed by atoms with Crippen LogP contribution >= 0.6 is 0 Å². The Bertz CT molecular complexity index is 669. The molecule has 2 aliphatic heterocycles. The number of hydrogen-bond acceptors (Lipinski definition) is 4. The number of fused-ring (bicyclic) bond motifs is 1. The molecule has 3 rings (SSSR count). The van der Waals surface area contributed by atoms with E-state index in [1.54, 1.807) is 0 Å². The van der Waals surface area contributed by atoms with Gasteiger partial charge < -0.3 is 24.4 Å². The summed E-state index contributed by atoms with van der Waals surface area (Å²) in [4.78, 5) is 7.21. The van der Waals surface area contributed by atoms with Gasteiger partial charge in [-0.15, -0.1) is 0 Å². The largest absolute Gasteiger partial charge is 0.454 e. The van der Waals surface area contributed by atoms with E-state index in [4.69, 9.17) is 19.2 Å². The van der Waals surface area contributed by atoms with Gasteiger partial charge in [0.2, 0.25) is 6.79 Å². The SMILES string of the molecule is CCNC(=NCC(C)(C)c1ccc2c(c1)OCO2)N(C)CCC1CCOCC1. The summed E-state index contributed by atoms with van der Waals surface area (Å²) in [7, 11) is 2.13. The molecule has 1 saturated heterocycles. The molecule has 0 saturated carbocycles. The molecule has 0 aromatic heterocycles. The van der Waals surface area contributed by atoms with Crippen molar-refractivity contribution in [2.45, 2.75) is 45.4 Å². The minimum atomic E-state index is -0.0940. The zero-order valence-corrected chi connectivity index (χ0v) is 17.8. The number of ether oxygens (including phenoxy) is 3. The van der Waals surface area contributed by atoms with Crippen LogP contribution in [-0.4, -0.2) is 57.5 Å². The van der Waals surface area contributed by atoms with E-state index in [1.165, 1.54) is 24.8 Å². The highest BCUT2D eigenvalue weighted by Gasteiger charge is 2.24. The second kappa shape index (κ2) is 9.50. The summed E-state index contributed by atoms with van der Waals surface area (Å²) in [5.41, 5.74) is 1.12. The predicted octanol–water partition coefficient (Wildman–Crippen LogP) is 3.41. The van der Waals surface area contributed by atoms with E-state index >= 15 is 0 Å². The molecule has 0 bridgehead atoms.